The second kappa shape index (κ2) is 10.1. The third-order valence-corrected chi connectivity index (χ3v) is 6.81. The van der Waals surface area contributed by atoms with Crippen molar-refractivity contribution in [2.24, 2.45) is 5.92 Å². The van der Waals surface area contributed by atoms with Crippen molar-refractivity contribution in [1.29, 1.82) is 0 Å². The molecule has 0 saturated heterocycles. The summed E-state index contributed by atoms with van der Waals surface area (Å²) in [6, 6.07) is 18.5. The standard InChI is InChI=1S/C30H33F/c1-3-4-5-6-23-9-11-24(12-10-23)13-14-25-15-19-29-27(21-25)18-20-28(30(29)31)26-16-7-22(2)8-17-26/h9-12,15,18-22,26H,3-8,16-17H2,1-2H3. The molecule has 0 aromatic heterocycles. The summed E-state index contributed by atoms with van der Waals surface area (Å²) < 4.78 is 15.2. The van der Waals surface area contributed by atoms with Crippen molar-refractivity contribution < 1.29 is 4.39 Å². The molecule has 0 atom stereocenters. The van der Waals surface area contributed by atoms with E-state index in [1.54, 1.807) is 0 Å². The van der Waals surface area contributed by atoms with Crippen LogP contribution in [0.4, 0.5) is 4.39 Å². The minimum atomic E-state index is -0.0322. The van der Waals surface area contributed by atoms with Crippen molar-refractivity contribution in [3.63, 3.8) is 0 Å². The fourth-order valence-corrected chi connectivity index (χ4v) is 4.75. The van der Waals surface area contributed by atoms with E-state index in [-0.39, 0.29) is 5.82 Å². The molecule has 0 aliphatic heterocycles. The Balaban J connectivity index is 1.49. The summed E-state index contributed by atoms with van der Waals surface area (Å²) in [6.45, 7) is 4.54. The molecule has 1 fully saturated rings. The van der Waals surface area contributed by atoms with Crippen LogP contribution in [-0.2, 0) is 6.42 Å². The van der Waals surface area contributed by atoms with Crippen molar-refractivity contribution in [3.05, 3.63) is 82.7 Å². The zero-order valence-corrected chi connectivity index (χ0v) is 18.9. The van der Waals surface area contributed by atoms with E-state index in [9.17, 15) is 0 Å². The predicted molar refractivity (Wildman–Crippen MR) is 130 cm³/mol. The van der Waals surface area contributed by atoms with Gasteiger partial charge in [0.15, 0.2) is 0 Å². The Bertz CT molecular complexity index is 1070. The Morgan fingerprint density at radius 2 is 1.55 bits per heavy atom. The number of fused-ring (bicyclic) bond motifs is 1. The normalized spacial score (nSPS) is 18.5. The quantitative estimate of drug-likeness (QED) is 0.291. The van der Waals surface area contributed by atoms with E-state index in [2.05, 4.69) is 56.0 Å². The molecule has 3 aromatic carbocycles. The molecule has 1 heteroatoms. The number of benzene rings is 3. The summed E-state index contributed by atoms with van der Waals surface area (Å²) in [5.74, 6) is 7.62. The fraction of sp³-hybridized carbons (Fsp3) is 0.400. The molecule has 0 nitrogen and oxygen atoms in total. The van der Waals surface area contributed by atoms with Gasteiger partial charge >= 0.3 is 0 Å². The maximum atomic E-state index is 15.2. The Hall–Kier alpha value is -2.59. The highest BCUT2D eigenvalue weighted by Gasteiger charge is 2.23. The zero-order valence-electron chi connectivity index (χ0n) is 18.9. The molecule has 0 amide bonds. The number of rotatable bonds is 5. The molecule has 1 saturated carbocycles. The van der Waals surface area contributed by atoms with Gasteiger partial charge in [0.2, 0.25) is 0 Å². The van der Waals surface area contributed by atoms with E-state index in [1.165, 1.54) is 37.7 Å². The monoisotopic (exact) mass is 412 g/mol. The highest BCUT2D eigenvalue weighted by molar-refractivity contribution is 5.85. The van der Waals surface area contributed by atoms with Crippen LogP contribution in [0.25, 0.3) is 10.8 Å². The first kappa shape index (κ1) is 21.6. The van der Waals surface area contributed by atoms with Crippen molar-refractivity contribution in [3.8, 4) is 11.8 Å². The van der Waals surface area contributed by atoms with Gasteiger partial charge in [-0.3, -0.25) is 0 Å². The summed E-state index contributed by atoms with van der Waals surface area (Å²) in [6.07, 6.45) is 9.53. The average Bonchev–Trinajstić information content (AvgIpc) is 2.80. The van der Waals surface area contributed by atoms with Gasteiger partial charge < -0.3 is 0 Å². The number of unbranched alkanes of at least 4 members (excludes halogenated alkanes) is 2. The zero-order chi connectivity index (χ0) is 21.6. The van der Waals surface area contributed by atoms with Crippen molar-refractivity contribution >= 4 is 10.8 Å². The number of hydrogen-bond acceptors (Lipinski definition) is 0. The Morgan fingerprint density at radius 3 is 2.29 bits per heavy atom. The van der Waals surface area contributed by atoms with Gasteiger partial charge in [-0.2, -0.15) is 0 Å². The lowest BCUT2D eigenvalue weighted by Gasteiger charge is -2.27. The highest BCUT2D eigenvalue weighted by Crippen LogP contribution is 2.38. The largest absolute Gasteiger partial charge is 0.206 e. The number of aryl methyl sites for hydroxylation is 1. The first-order valence-electron chi connectivity index (χ1n) is 12.0. The lowest BCUT2D eigenvalue weighted by Crippen LogP contribution is -2.12. The van der Waals surface area contributed by atoms with Gasteiger partial charge in [-0.15, -0.1) is 0 Å². The molecule has 0 N–H and O–H groups in total. The summed E-state index contributed by atoms with van der Waals surface area (Å²) in [5.41, 5.74) is 4.23. The average molecular weight is 413 g/mol. The van der Waals surface area contributed by atoms with Crippen LogP contribution in [-0.4, -0.2) is 0 Å². The van der Waals surface area contributed by atoms with Gasteiger partial charge in [-0.05, 0) is 78.3 Å². The minimum absolute atomic E-state index is 0.0322. The van der Waals surface area contributed by atoms with Crippen LogP contribution in [0.15, 0.2) is 54.6 Å². The van der Waals surface area contributed by atoms with E-state index >= 15 is 4.39 Å². The third-order valence-electron chi connectivity index (χ3n) is 6.81. The van der Waals surface area contributed by atoms with Crippen LogP contribution in [0.2, 0.25) is 0 Å². The summed E-state index contributed by atoms with van der Waals surface area (Å²) in [4.78, 5) is 0. The van der Waals surface area contributed by atoms with Gasteiger partial charge in [0, 0.05) is 16.5 Å². The maximum Gasteiger partial charge on any atom is 0.134 e. The molecule has 0 heterocycles. The predicted octanol–water partition coefficient (Wildman–Crippen LogP) is 8.41. The smallest absolute Gasteiger partial charge is 0.134 e. The molecule has 0 bridgehead atoms. The lowest BCUT2D eigenvalue weighted by atomic mass is 9.79. The van der Waals surface area contributed by atoms with Crippen LogP contribution < -0.4 is 0 Å². The van der Waals surface area contributed by atoms with E-state index < -0.39 is 0 Å². The number of halogens is 1. The lowest BCUT2D eigenvalue weighted by molar-refractivity contribution is 0.343. The van der Waals surface area contributed by atoms with Gasteiger partial charge in [0.05, 0.1) is 0 Å². The number of hydrogen-bond donors (Lipinski definition) is 0. The van der Waals surface area contributed by atoms with Crippen LogP contribution in [0, 0.1) is 23.6 Å². The van der Waals surface area contributed by atoms with E-state index in [0.717, 1.165) is 52.6 Å². The van der Waals surface area contributed by atoms with Gasteiger partial charge in [-0.25, -0.2) is 4.39 Å². The van der Waals surface area contributed by atoms with Crippen LogP contribution >= 0.6 is 0 Å². The van der Waals surface area contributed by atoms with Crippen LogP contribution in [0.5, 0.6) is 0 Å². The Kier molecular flexibility index (Phi) is 7.08. The molecule has 31 heavy (non-hydrogen) atoms. The first-order valence-corrected chi connectivity index (χ1v) is 12.0. The van der Waals surface area contributed by atoms with E-state index in [0.29, 0.717) is 5.92 Å². The Labute approximate surface area is 186 Å². The van der Waals surface area contributed by atoms with E-state index in [4.69, 9.17) is 0 Å². The molecule has 4 rings (SSSR count). The second-order valence-corrected chi connectivity index (χ2v) is 9.27. The first-order chi connectivity index (χ1) is 15.1. The van der Waals surface area contributed by atoms with Crippen molar-refractivity contribution in [1.82, 2.24) is 0 Å². The van der Waals surface area contributed by atoms with Crippen LogP contribution in [0.3, 0.4) is 0 Å². The molecule has 1 aliphatic carbocycles. The summed E-state index contributed by atoms with van der Waals surface area (Å²) in [7, 11) is 0. The fourth-order valence-electron chi connectivity index (χ4n) is 4.75. The minimum Gasteiger partial charge on any atom is -0.206 e. The molecule has 3 aromatic rings. The van der Waals surface area contributed by atoms with E-state index in [1.807, 2.05) is 24.3 Å². The summed E-state index contributed by atoms with van der Waals surface area (Å²) >= 11 is 0. The van der Waals surface area contributed by atoms with Gasteiger partial charge in [0.1, 0.15) is 5.82 Å². The topological polar surface area (TPSA) is 0 Å². The SMILES string of the molecule is CCCCCc1ccc(C#Cc2ccc3c(F)c(C4CCC(C)CC4)ccc3c2)cc1. The van der Waals surface area contributed by atoms with Crippen molar-refractivity contribution in [2.75, 3.05) is 0 Å². The third kappa shape index (κ3) is 5.37. The molecule has 1 aliphatic rings. The van der Waals surface area contributed by atoms with Gasteiger partial charge in [-0.1, -0.05) is 81.7 Å². The molecular weight excluding hydrogens is 379 g/mol. The van der Waals surface area contributed by atoms with Crippen LogP contribution in [0.1, 0.15) is 87.0 Å². The highest BCUT2D eigenvalue weighted by atomic mass is 19.1. The maximum absolute atomic E-state index is 15.2. The molecule has 0 spiro atoms. The molecular formula is C30H33F. The molecule has 160 valence electrons. The molecule has 0 unspecified atom stereocenters. The molecule has 0 radical (unpaired) electrons. The van der Waals surface area contributed by atoms with Crippen molar-refractivity contribution in [2.45, 2.75) is 71.1 Å². The second-order valence-electron chi connectivity index (χ2n) is 9.27. The summed E-state index contributed by atoms with van der Waals surface area (Å²) in [5, 5.41) is 1.65. The Morgan fingerprint density at radius 1 is 0.839 bits per heavy atom. The van der Waals surface area contributed by atoms with Gasteiger partial charge in [0.25, 0.3) is 0 Å².